The van der Waals surface area contributed by atoms with Crippen LogP contribution in [0.5, 0.6) is 0 Å². The van der Waals surface area contributed by atoms with E-state index in [1.54, 1.807) is 12.1 Å². The van der Waals surface area contributed by atoms with Gasteiger partial charge in [-0.1, -0.05) is 24.3 Å². The van der Waals surface area contributed by atoms with E-state index < -0.39 is 9.85 Å². The average molecular weight is 515 g/mol. The SMILES string of the molecule is Cc1c(C)c(-c2ccc(N)cc2)c(C)c(C)c1N.Nc1ccc(-c2ccc(N)c([N+](=O)[O-])c2)cc1[N+](=O)[O-]. The molecule has 0 aromatic heterocycles. The summed E-state index contributed by atoms with van der Waals surface area (Å²) in [5.74, 6) is 0. The summed E-state index contributed by atoms with van der Waals surface area (Å²) in [7, 11) is 0. The molecule has 0 aliphatic rings. The fourth-order valence-corrected chi connectivity index (χ4v) is 4.19. The largest absolute Gasteiger partial charge is 0.399 e. The quantitative estimate of drug-likeness (QED) is 0.143. The predicted molar refractivity (Wildman–Crippen MR) is 154 cm³/mol. The van der Waals surface area contributed by atoms with Crippen molar-refractivity contribution in [3.63, 3.8) is 0 Å². The minimum atomic E-state index is -0.607. The molecule has 4 rings (SSSR count). The van der Waals surface area contributed by atoms with Gasteiger partial charge < -0.3 is 22.9 Å². The van der Waals surface area contributed by atoms with E-state index in [2.05, 4.69) is 39.8 Å². The molecule has 0 atom stereocenters. The van der Waals surface area contributed by atoms with Gasteiger partial charge in [-0.2, -0.15) is 0 Å². The Balaban J connectivity index is 0.000000212. The molecule has 0 amide bonds. The van der Waals surface area contributed by atoms with E-state index in [1.165, 1.54) is 57.6 Å². The standard InChI is InChI=1S/C16H20N2.C12H10N4O4/c1-9-11(3)16(18)12(4)10(2)15(9)13-5-7-14(17)8-6-13;13-9-3-1-7(5-11(9)15(17)18)8-2-4-10(14)12(6-8)16(19)20/h5-8H,17-18H2,1-4H3;1-6H,13-14H2. The predicted octanol–water partition coefficient (Wildman–Crippen LogP) is 6.09. The molecule has 0 aliphatic carbocycles. The zero-order valence-corrected chi connectivity index (χ0v) is 21.6. The van der Waals surface area contributed by atoms with Crippen LogP contribution in [0.2, 0.25) is 0 Å². The summed E-state index contributed by atoms with van der Waals surface area (Å²) in [4.78, 5) is 20.5. The summed E-state index contributed by atoms with van der Waals surface area (Å²) in [6.07, 6.45) is 0. The molecule has 4 aromatic rings. The molecule has 0 aliphatic heterocycles. The lowest BCUT2D eigenvalue weighted by Gasteiger charge is -2.18. The first kappa shape index (κ1) is 27.5. The van der Waals surface area contributed by atoms with E-state index in [-0.39, 0.29) is 22.7 Å². The first-order chi connectivity index (χ1) is 17.8. The molecule has 0 fully saturated rings. The number of benzene rings is 4. The Morgan fingerprint density at radius 1 is 0.553 bits per heavy atom. The van der Waals surface area contributed by atoms with Gasteiger partial charge in [0.05, 0.1) is 9.85 Å². The third-order valence-corrected chi connectivity index (χ3v) is 6.67. The van der Waals surface area contributed by atoms with Crippen molar-refractivity contribution in [2.24, 2.45) is 0 Å². The van der Waals surface area contributed by atoms with Crippen molar-refractivity contribution in [3.8, 4) is 22.3 Å². The maximum absolute atomic E-state index is 10.8. The second-order valence-corrected chi connectivity index (χ2v) is 8.97. The summed E-state index contributed by atoms with van der Waals surface area (Å²) < 4.78 is 0. The smallest absolute Gasteiger partial charge is 0.292 e. The van der Waals surface area contributed by atoms with E-state index in [9.17, 15) is 20.2 Å². The molecule has 4 aromatic carbocycles. The Hall–Kier alpha value is -5.12. The van der Waals surface area contributed by atoms with Crippen LogP contribution in [0.4, 0.5) is 34.1 Å². The summed E-state index contributed by atoms with van der Waals surface area (Å²) >= 11 is 0. The molecule has 8 N–H and O–H groups in total. The van der Waals surface area contributed by atoms with E-state index >= 15 is 0 Å². The van der Waals surface area contributed by atoms with Crippen LogP contribution in [0, 0.1) is 47.9 Å². The Morgan fingerprint density at radius 3 is 1.29 bits per heavy atom. The molecule has 0 heterocycles. The molecule has 10 heteroatoms. The second-order valence-electron chi connectivity index (χ2n) is 8.97. The normalized spacial score (nSPS) is 10.4. The minimum Gasteiger partial charge on any atom is -0.399 e. The van der Waals surface area contributed by atoms with Gasteiger partial charge in [0, 0.05) is 23.5 Å². The summed E-state index contributed by atoms with van der Waals surface area (Å²) in [5.41, 5.74) is 32.4. The number of hydrogen-bond acceptors (Lipinski definition) is 8. The van der Waals surface area contributed by atoms with Crippen LogP contribution in [0.25, 0.3) is 22.3 Å². The van der Waals surface area contributed by atoms with Crippen molar-refractivity contribution >= 4 is 34.1 Å². The molecule has 0 saturated carbocycles. The highest BCUT2D eigenvalue weighted by Gasteiger charge is 2.17. The minimum absolute atomic E-state index is 0.0312. The van der Waals surface area contributed by atoms with E-state index in [0.717, 1.165) is 11.4 Å². The lowest BCUT2D eigenvalue weighted by Crippen LogP contribution is -2.02. The van der Waals surface area contributed by atoms with Gasteiger partial charge in [0.1, 0.15) is 11.4 Å². The Bertz CT molecular complexity index is 1460. The molecule has 38 heavy (non-hydrogen) atoms. The van der Waals surface area contributed by atoms with Crippen molar-refractivity contribution in [2.45, 2.75) is 27.7 Å². The summed E-state index contributed by atoms with van der Waals surface area (Å²) in [6, 6.07) is 16.4. The number of anilines is 4. The average Bonchev–Trinajstić information content (AvgIpc) is 2.88. The van der Waals surface area contributed by atoms with Crippen molar-refractivity contribution < 1.29 is 9.85 Å². The van der Waals surface area contributed by atoms with Crippen LogP contribution in [0.1, 0.15) is 22.3 Å². The number of nitro groups is 2. The van der Waals surface area contributed by atoms with Gasteiger partial charge in [0.25, 0.3) is 11.4 Å². The third-order valence-electron chi connectivity index (χ3n) is 6.67. The maximum Gasteiger partial charge on any atom is 0.292 e. The molecular weight excluding hydrogens is 484 g/mol. The topological polar surface area (TPSA) is 190 Å². The summed E-state index contributed by atoms with van der Waals surface area (Å²) in [5, 5.41) is 21.7. The molecule has 0 bridgehead atoms. The number of nitrogen functional groups attached to an aromatic ring is 4. The van der Waals surface area contributed by atoms with Crippen molar-refractivity contribution in [2.75, 3.05) is 22.9 Å². The number of nitrogens with zero attached hydrogens (tertiary/aromatic N) is 2. The van der Waals surface area contributed by atoms with Gasteiger partial charge in [0.15, 0.2) is 0 Å². The lowest BCUT2D eigenvalue weighted by atomic mass is 9.88. The van der Waals surface area contributed by atoms with Gasteiger partial charge >= 0.3 is 0 Å². The lowest BCUT2D eigenvalue weighted by molar-refractivity contribution is -0.384. The first-order valence-electron chi connectivity index (χ1n) is 11.6. The Morgan fingerprint density at radius 2 is 0.921 bits per heavy atom. The first-order valence-corrected chi connectivity index (χ1v) is 11.6. The number of nitrogens with two attached hydrogens (primary N) is 4. The zero-order valence-electron chi connectivity index (χ0n) is 21.6. The van der Waals surface area contributed by atoms with Crippen LogP contribution in [0.3, 0.4) is 0 Å². The van der Waals surface area contributed by atoms with Crippen LogP contribution in [0.15, 0.2) is 60.7 Å². The van der Waals surface area contributed by atoms with Crippen LogP contribution in [-0.4, -0.2) is 9.85 Å². The molecule has 0 unspecified atom stereocenters. The second kappa shape index (κ2) is 10.9. The number of hydrogen-bond donors (Lipinski definition) is 4. The van der Waals surface area contributed by atoms with Crippen LogP contribution < -0.4 is 22.9 Å². The highest BCUT2D eigenvalue weighted by molar-refractivity contribution is 5.79. The van der Waals surface area contributed by atoms with Crippen molar-refractivity contribution in [3.05, 3.63) is 103 Å². The Labute approximate surface area is 220 Å². The van der Waals surface area contributed by atoms with Crippen molar-refractivity contribution in [1.82, 2.24) is 0 Å². The summed E-state index contributed by atoms with van der Waals surface area (Å²) in [6.45, 7) is 8.42. The van der Waals surface area contributed by atoms with Gasteiger partial charge in [-0.25, -0.2) is 0 Å². The Kier molecular flexibility index (Phi) is 7.86. The van der Waals surface area contributed by atoms with Gasteiger partial charge in [0.2, 0.25) is 0 Å². The van der Waals surface area contributed by atoms with Crippen molar-refractivity contribution in [1.29, 1.82) is 0 Å². The molecule has 0 spiro atoms. The fraction of sp³-hybridized carbons (Fsp3) is 0.143. The van der Waals surface area contributed by atoms with Crippen LogP contribution in [-0.2, 0) is 0 Å². The van der Waals surface area contributed by atoms with E-state index in [0.29, 0.717) is 11.1 Å². The molecule has 0 radical (unpaired) electrons. The fourth-order valence-electron chi connectivity index (χ4n) is 4.19. The number of nitro benzene ring substituents is 2. The molecule has 0 saturated heterocycles. The number of rotatable bonds is 4. The molecule has 10 nitrogen and oxygen atoms in total. The molecular formula is C28H30N6O4. The highest BCUT2D eigenvalue weighted by atomic mass is 16.6. The van der Waals surface area contributed by atoms with Gasteiger partial charge in [-0.3, -0.25) is 20.2 Å². The van der Waals surface area contributed by atoms with Gasteiger partial charge in [-0.05, 0) is 96.5 Å². The van der Waals surface area contributed by atoms with Crippen LogP contribution >= 0.6 is 0 Å². The van der Waals surface area contributed by atoms with E-state index in [1.807, 2.05) is 12.1 Å². The zero-order chi connectivity index (χ0) is 28.3. The maximum atomic E-state index is 10.8. The monoisotopic (exact) mass is 514 g/mol. The third kappa shape index (κ3) is 5.49. The van der Waals surface area contributed by atoms with Gasteiger partial charge in [-0.15, -0.1) is 0 Å². The van der Waals surface area contributed by atoms with E-state index in [4.69, 9.17) is 22.9 Å². The highest BCUT2D eigenvalue weighted by Crippen LogP contribution is 2.36. The molecule has 196 valence electrons.